The SMILES string of the molecule is O=C1CC[C@@H](CN2CCC(c3nc4cc(Br)ccc4o3)CC2)N1. The van der Waals surface area contributed by atoms with Crippen molar-refractivity contribution in [2.75, 3.05) is 19.6 Å². The summed E-state index contributed by atoms with van der Waals surface area (Å²) < 4.78 is 6.96. The fourth-order valence-corrected chi connectivity index (χ4v) is 3.93. The number of carbonyl (C=O) groups is 1. The number of carbonyl (C=O) groups excluding carboxylic acids is 1. The minimum Gasteiger partial charge on any atom is -0.440 e. The predicted octanol–water partition coefficient (Wildman–Crippen LogP) is 3.05. The summed E-state index contributed by atoms with van der Waals surface area (Å²) in [5.74, 6) is 1.46. The van der Waals surface area contributed by atoms with E-state index >= 15 is 0 Å². The van der Waals surface area contributed by atoms with Crippen molar-refractivity contribution in [3.8, 4) is 0 Å². The van der Waals surface area contributed by atoms with Crippen LogP contribution in [0.25, 0.3) is 11.1 Å². The Labute approximate surface area is 143 Å². The molecule has 0 bridgehead atoms. The van der Waals surface area contributed by atoms with Gasteiger partial charge >= 0.3 is 0 Å². The van der Waals surface area contributed by atoms with Crippen molar-refractivity contribution in [2.45, 2.75) is 37.6 Å². The van der Waals surface area contributed by atoms with Gasteiger partial charge in [0.2, 0.25) is 5.91 Å². The number of oxazole rings is 1. The summed E-state index contributed by atoms with van der Waals surface area (Å²) in [6.07, 6.45) is 3.78. The van der Waals surface area contributed by atoms with E-state index in [4.69, 9.17) is 4.42 Å². The summed E-state index contributed by atoms with van der Waals surface area (Å²) >= 11 is 3.47. The van der Waals surface area contributed by atoms with Crippen LogP contribution in [0.1, 0.15) is 37.5 Å². The maximum absolute atomic E-state index is 11.3. The topological polar surface area (TPSA) is 58.4 Å². The van der Waals surface area contributed by atoms with Crippen LogP contribution in [-0.2, 0) is 4.79 Å². The molecule has 1 amide bonds. The third-order valence-corrected chi connectivity index (χ3v) is 5.36. The monoisotopic (exact) mass is 377 g/mol. The first-order chi connectivity index (χ1) is 11.2. The number of nitrogens with zero attached hydrogens (tertiary/aromatic N) is 2. The van der Waals surface area contributed by atoms with Crippen LogP contribution in [0.15, 0.2) is 27.1 Å². The highest BCUT2D eigenvalue weighted by molar-refractivity contribution is 9.10. The van der Waals surface area contributed by atoms with E-state index in [0.29, 0.717) is 18.4 Å². The molecule has 0 spiro atoms. The lowest BCUT2D eigenvalue weighted by Crippen LogP contribution is -2.42. The number of likely N-dealkylation sites (tertiary alicyclic amines) is 1. The van der Waals surface area contributed by atoms with Gasteiger partial charge in [0.05, 0.1) is 0 Å². The van der Waals surface area contributed by atoms with Gasteiger partial charge in [0.15, 0.2) is 11.5 Å². The molecule has 4 rings (SSSR count). The summed E-state index contributed by atoms with van der Waals surface area (Å²) in [5, 5.41) is 3.05. The van der Waals surface area contributed by atoms with Crippen molar-refractivity contribution >= 4 is 32.9 Å². The molecule has 6 heteroatoms. The zero-order valence-electron chi connectivity index (χ0n) is 12.9. The lowest BCUT2D eigenvalue weighted by atomic mass is 9.96. The number of rotatable bonds is 3. The van der Waals surface area contributed by atoms with E-state index in [1.807, 2.05) is 18.2 Å². The second kappa shape index (κ2) is 6.24. The molecule has 1 atom stereocenters. The maximum atomic E-state index is 11.3. The van der Waals surface area contributed by atoms with E-state index in [1.165, 1.54) is 0 Å². The van der Waals surface area contributed by atoms with Gasteiger partial charge in [0, 0.05) is 29.4 Å². The van der Waals surface area contributed by atoms with Gasteiger partial charge in [-0.25, -0.2) is 4.98 Å². The number of halogens is 1. The normalized spacial score (nSPS) is 23.5. The molecule has 2 fully saturated rings. The minimum absolute atomic E-state index is 0.197. The first kappa shape index (κ1) is 15.1. The Hall–Kier alpha value is -1.40. The van der Waals surface area contributed by atoms with Crippen LogP contribution in [0.3, 0.4) is 0 Å². The summed E-state index contributed by atoms with van der Waals surface area (Å²) in [6, 6.07) is 6.28. The number of amides is 1. The maximum Gasteiger partial charge on any atom is 0.220 e. The number of hydrogen-bond donors (Lipinski definition) is 1. The molecule has 0 unspecified atom stereocenters. The van der Waals surface area contributed by atoms with Crippen LogP contribution < -0.4 is 5.32 Å². The summed E-state index contributed by atoms with van der Waals surface area (Å²) in [5.41, 5.74) is 1.78. The van der Waals surface area contributed by atoms with Crippen molar-refractivity contribution in [2.24, 2.45) is 0 Å². The third kappa shape index (κ3) is 3.28. The molecule has 23 heavy (non-hydrogen) atoms. The van der Waals surface area contributed by atoms with Crippen LogP contribution in [0.5, 0.6) is 0 Å². The molecule has 1 aromatic carbocycles. The van der Waals surface area contributed by atoms with E-state index in [1.54, 1.807) is 0 Å². The lowest BCUT2D eigenvalue weighted by molar-refractivity contribution is -0.119. The number of benzene rings is 1. The molecule has 0 saturated carbocycles. The summed E-state index contributed by atoms with van der Waals surface area (Å²) in [6.45, 7) is 3.05. The first-order valence-electron chi connectivity index (χ1n) is 8.25. The predicted molar refractivity (Wildman–Crippen MR) is 91.3 cm³/mol. The van der Waals surface area contributed by atoms with Gasteiger partial charge in [0.1, 0.15) is 5.52 Å². The van der Waals surface area contributed by atoms with Crippen LogP contribution in [-0.4, -0.2) is 41.5 Å². The highest BCUT2D eigenvalue weighted by atomic mass is 79.9. The zero-order chi connectivity index (χ0) is 15.8. The third-order valence-electron chi connectivity index (χ3n) is 4.87. The summed E-state index contributed by atoms with van der Waals surface area (Å²) in [4.78, 5) is 18.4. The molecule has 2 aliphatic rings. The molecule has 0 aliphatic carbocycles. The molecule has 1 N–H and O–H groups in total. The van der Waals surface area contributed by atoms with Crippen LogP contribution >= 0.6 is 15.9 Å². The molecule has 3 heterocycles. The van der Waals surface area contributed by atoms with Crippen LogP contribution in [0.4, 0.5) is 0 Å². The molecule has 2 aliphatic heterocycles. The zero-order valence-corrected chi connectivity index (χ0v) is 14.5. The van der Waals surface area contributed by atoms with E-state index in [0.717, 1.165) is 60.4 Å². The van der Waals surface area contributed by atoms with Gasteiger partial charge in [-0.15, -0.1) is 0 Å². The van der Waals surface area contributed by atoms with Gasteiger partial charge in [-0.2, -0.15) is 0 Å². The molecule has 122 valence electrons. The molecular weight excluding hydrogens is 358 g/mol. The Morgan fingerprint density at radius 3 is 2.87 bits per heavy atom. The number of hydrogen-bond acceptors (Lipinski definition) is 4. The highest BCUT2D eigenvalue weighted by Gasteiger charge is 2.28. The standard InChI is InChI=1S/C17H20BrN3O2/c18-12-1-3-15-14(9-12)20-17(23-15)11-5-7-21(8-6-11)10-13-2-4-16(22)19-13/h1,3,9,11,13H,2,4-8,10H2,(H,19,22)/t13-/m0/s1. The quantitative estimate of drug-likeness (QED) is 0.892. The van der Waals surface area contributed by atoms with E-state index in [-0.39, 0.29) is 5.91 Å². The highest BCUT2D eigenvalue weighted by Crippen LogP contribution is 2.31. The smallest absolute Gasteiger partial charge is 0.220 e. The molecule has 2 saturated heterocycles. The van der Waals surface area contributed by atoms with Gasteiger partial charge in [-0.3, -0.25) is 4.79 Å². The molecule has 5 nitrogen and oxygen atoms in total. The van der Waals surface area contributed by atoms with Gasteiger partial charge < -0.3 is 14.6 Å². The average molecular weight is 378 g/mol. The van der Waals surface area contributed by atoms with Gasteiger partial charge in [-0.05, 0) is 50.6 Å². The molecular formula is C17H20BrN3O2. The van der Waals surface area contributed by atoms with Gasteiger partial charge in [-0.1, -0.05) is 15.9 Å². The largest absolute Gasteiger partial charge is 0.440 e. The van der Waals surface area contributed by atoms with Gasteiger partial charge in [0.25, 0.3) is 0 Å². The average Bonchev–Trinajstić information content (AvgIpc) is 3.14. The number of fused-ring (bicyclic) bond motifs is 1. The Morgan fingerprint density at radius 2 is 2.13 bits per heavy atom. The second-order valence-corrected chi connectivity index (χ2v) is 7.46. The van der Waals surface area contributed by atoms with E-state index in [2.05, 4.69) is 31.1 Å². The Bertz CT molecular complexity index is 722. The van der Waals surface area contributed by atoms with E-state index < -0.39 is 0 Å². The second-order valence-electron chi connectivity index (χ2n) is 6.54. The van der Waals surface area contributed by atoms with Crippen molar-refractivity contribution in [1.82, 2.24) is 15.2 Å². The van der Waals surface area contributed by atoms with Crippen LogP contribution in [0.2, 0.25) is 0 Å². The van der Waals surface area contributed by atoms with Crippen molar-refractivity contribution in [1.29, 1.82) is 0 Å². The summed E-state index contributed by atoms with van der Waals surface area (Å²) in [7, 11) is 0. The minimum atomic E-state index is 0.197. The van der Waals surface area contributed by atoms with E-state index in [9.17, 15) is 4.79 Å². The lowest BCUT2D eigenvalue weighted by Gasteiger charge is -2.32. The van der Waals surface area contributed by atoms with Crippen molar-refractivity contribution in [3.63, 3.8) is 0 Å². The number of piperidine rings is 1. The fourth-order valence-electron chi connectivity index (χ4n) is 3.58. The molecule has 1 aromatic heterocycles. The Kier molecular flexibility index (Phi) is 4.11. The molecule has 0 radical (unpaired) electrons. The number of aromatic nitrogens is 1. The number of nitrogens with one attached hydrogen (secondary N) is 1. The van der Waals surface area contributed by atoms with Crippen molar-refractivity contribution in [3.05, 3.63) is 28.6 Å². The fraction of sp³-hybridized carbons (Fsp3) is 0.529. The van der Waals surface area contributed by atoms with Crippen molar-refractivity contribution < 1.29 is 9.21 Å². The first-order valence-corrected chi connectivity index (χ1v) is 9.04. The van der Waals surface area contributed by atoms with Crippen LogP contribution in [0, 0.1) is 0 Å². The Balaban J connectivity index is 1.37. The molecule has 2 aromatic rings. The Morgan fingerprint density at radius 1 is 1.30 bits per heavy atom.